The summed E-state index contributed by atoms with van der Waals surface area (Å²) in [4.78, 5) is 4.49. The Morgan fingerprint density at radius 2 is 2.06 bits per heavy atom. The zero-order valence-corrected chi connectivity index (χ0v) is 12.3. The van der Waals surface area contributed by atoms with Crippen LogP contribution in [0.3, 0.4) is 0 Å². The van der Waals surface area contributed by atoms with Crippen LogP contribution >= 0.6 is 11.8 Å². The number of nitrogens with zero attached hydrogens (tertiary/aromatic N) is 2. The smallest absolute Gasteiger partial charge is 0.226 e. The number of nitrogens with one attached hydrogen (secondary N) is 1. The quantitative estimate of drug-likeness (QED) is 0.910. The second kappa shape index (κ2) is 6.06. The Morgan fingerprint density at radius 1 is 1.33 bits per heavy atom. The molecule has 1 aromatic rings. The summed E-state index contributed by atoms with van der Waals surface area (Å²) in [6.45, 7) is 8.84. The summed E-state index contributed by atoms with van der Waals surface area (Å²) in [5, 5.41) is 7.43. The van der Waals surface area contributed by atoms with Crippen LogP contribution in [0.5, 0.6) is 0 Å². The predicted molar refractivity (Wildman–Crippen MR) is 74.6 cm³/mol. The monoisotopic (exact) mass is 269 g/mol. The van der Waals surface area contributed by atoms with Gasteiger partial charge < -0.3 is 9.84 Å². The molecule has 0 aliphatic carbocycles. The van der Waals surface area contributed by atoms with Gasteiger partial charge in [-0.15, -0.1) is 11.8 Å². The Balaban J connectivity index is 1.82. The van der Waals surface area contributed by atoms with Crippen LogP contribution in [0.1, 0.15) is 45.3 Å². The lowest BCUT2D eigenvalue weighted by molar-refractivity contribution is 0.312. The third-order valence-electron chi connectivity index (χ3n) is 3.07. The molecule has 0 radical (unpaired) electrons. The van der Waals surface area contributed by atoms with Crippen LogP contribution in [-0.2, 0) is 12.2 Å². The summed E-state index contributed by atoms with van der Waals surface area (Å²) in [6.07, 6.45) is 3.37. The van der Waals surface area contributed by atoms with E-state index in [1.54, 1.807) is 0 Å². The van der Waals surface area contributed by atoms with Crippen molar-refractivity contribution in [3.8, 4) is 0 Å². The molecular formula is C13H23N3OS. The fourth-order valence-corrected chi connectivity index (χ4v) is 2.72. The molecule has 4 nitrogen and oxygen atoms in total. The van der Waals surface area contributed by atoms with Crippen molar-refractivity contribution < 1.29 is 4.52 Å². The summed E-state index contributed by atoms with van der Waals surface area (Å²) in [6, 6.07) is 0. The van der Waals surface area contributed by atoms with Crippen LogP contribution in [0.4, 0.5) is 0 Å². The van der Waals surface area contributed by atoms with E-state index in [-0.39, 0.29) is 4.75 Å². The molecule has 0 spiro atoms. The van der Waals surface area contributed by atoms with Gasteiger partial charge in [0.05, 0.1) is 5.75 Å². The molecule has 0 unspecified atom stereocenters. The van der Waals surface area contributed by atoms with Gasteiger partial charge >= 0.3 is 0 Å². The summed E-state index contributed by atoms with van der Waals surface area (Å²) in [5.41, 5.74) is 0. The Bertz CT molecular complexity index is 367. The second-order valence-corrected chi connectivity index (χ2v) is 7.70. The van der Waals surface area contributed by atoms with E-state index in [2.05, 4.69) is 36.2 Å². The number of rotatable bonds is 4. The van der Waals surface area contributed by atoms with Gasteiger partial charge in [-0.25, -0.2) is 0 Å². The van der Waals surface area contributed by atoms with Crippen LogP contribution in [-0.4, -0.2) is 28.0 Å². The molecule has 1 aliphatic heterocycles. The minimum absolute atomic E-state index is 0.246. The van der Waals surface area contributed by atoms with Crippen molar-refractivity contribution in [3.63, 3.8) is 0 Å². The summed E-state index contributed by atoms with van der Waals surface area (Å²) < 4.78 is 5.58. The van der Waals surface area contributed by atoms with Crippen LogP contribution in [0.15, 0.2) is 4.52 Å². The highest BCUT2D eigenvalue weighted by Gasteiger charge is 2.18. The van der Waals surface area contributed by atoms with E-state index >= 15 is 0 Å². The van der Waals surface area contributed by atoms with Gasteiger partial charge in [0.1, 0.15) is 0 Å². The molecule has 5 heteroatoms. The van der Waals surface area contributed by atoms with E-state index in [0.29, 0.717) is 5.92 Å². The van der Waals surface area contributed by atoms with Crippen LogP contribution < -0.4 is 5.32 Å². The molecule has 2 rings (SSSR count). The molecular weight excluding hydrogens is 246 g/mol. The fourth-order valence-electron chi connectivity index (χ4n) is 2.05. The lowest BCUT2D eigenvalue weighted by atomic mass is 9.95. The van der Waals surface area contributed by atoms with Crippen molar-refractivity contribution in [3.05, 3.63) is 11.7 Å². The molecule has 18 heavy (non-hydrogen) atoms. The third-order valence-corrected chi connectivity index (χ3v) is 4.34. The average Bonchev–Trinajstić information content (AvgIpc) is 2.75. The number of hydrogen-bond donors (Lipinski definition) is 1. The largest absolute Gasteiger partial charge is 0.339 e. The molecule has 0 amide bonds. The van der Waals surface area contributed by atoms with Gasteiger partial charge in [0.2, 0.25) is 5.89 Å². The molecule has 1 aromatic heterocycles. The Hall–Kier alpha value is -0.550. The van der Waals surface area contributed by atoms with Gasteiger partial charge in [-0.05, 0) is 31.8 Å². The van der Waals surface area contributed by atoms with E-state index in [0.717, 1.165) is 37.0 Å². The van der Waals surface area contributed by atoms with Gasteiger partial charge in [-0.1, -0.05) is 25.9 Å². The topological polar surface area (TPSA) is 51.0 Å². The Morgan fingerprint density at radius 3 is 2.72 bits per heavy atom. The van der Waals surface area contributed by atoms with Gasteiger partial charge in [0.25, 0.3) is 0 Å². The number of thioether (sulfide) groups is 1. The molecule has 0 bridgehead atoms. The maximum absolute atomic E-state index is 5.34. The molecule has 102 valence electrons. The molecule has 0 saturated carbocycles. The van der Waals surface area contributed by atoms with E-state index in [9.17, 15) is 0 Å². The molecule has 0 aromatic carbocycles. The van der Waals surface area contributed by atoms with Gasteiger partial charge in [-0.3, -0.25) is 0 Å². The third kappa shape index (κ3) is 4.61. The molecule has 1 saturated heterocycles. The summed E-state index contributed by atoms with van der Waals surface area (Å²) in [5.74, 6) is 3.18. The zero-order chi connectivity index (χ0) is 13.0. The first-order valence-corrected chi connectivity index (χ1v) is 7.67. The number of piperidine rings is 1. The van der Waals surface area contributed by atoms with Crippen molar-refractivity contribution in [1.82, 2.24) is 15.5 Å². The highest BCUT2D eigenvalue weighted by Crippen LogP contribution is 2.26. The Kier molecular flexibility index (Phi) is 4.67. The van der Waals surface area contributed by atoms with Gasteiger partial charge in [0.15, 0.2) is 5.82 Å². The van der Waals surface area contributed by atoms with Crippen LogP contribution in [0.25, 0.3) is 0 Å². The molecule has 0 atom stereocenters. The number of aromatic nitrogens is 2. The standard InChI is InChI=1S/C13H23N3OS/c1-13(2,3)18-9-11-15-12(17-16-11)8-10-4-6-14-7-5-10/h10,14H,4-9H2,1-3H3. The highest BCUT2D eigenvalue weighted by atomic mass is 32.2. The lowest BCUT2D eigenvalue weighted by Gasteiger charge is -2.20. The number of hydrogen-bond acceptors (Lipinski definition) is 5. The SMILES string of the molecule is CC(C)(C)SCc1noc(CC2CCNCC2)n1. The van der Waals surface area contributed by atoms with Crippen molar-refractivity contribution >= 4 is 11.8 Å². The summed E-state index contributed by atoms with van der Waals surface area (Å²) in [7, 11) is 0. The minimum Gasteiger partial charge on any atom is -0.339 e. The van der Waals surface area contributed by atoms with E-state index in [1.165, 1.54) is 12.8 Å². The molecule has 2 heterocycles. The predicted octanol–water partition coefficient (Wildman–Crippen LogP) is 2.64. The minimum atomic E-state index is 0.246. The first-order valence-electron chi connectivity index (χ1n) is 6.69. The van der Waals surface area contributed by atoms with Crippen molar-refractivity contribution in [2.24, 2.45) is 5.92 Å². The molecule has 1 N–H and O–H groups in total. The average molecular weight is 269 g/mol. The van der Waals surface area contributed by atoms with Gasteiger partial charge in [0, 0.05) is 11.2 Å². The normalized spacial score (nSPS) is 18.2. The van der Waals surface area contributed by atoms with Crippen molar-refractivity contribution in [2.45, 2.75) is 50.5 Å². The fraction of sp³-hybridized carbons (Fsp3) is 0.846. The first-order chi connectivity index (χ1) is 8.53. The maximum atomic E-state index is 5.34. The Labute approximate surface area is 113 Å². The van der Waals surface area contributed by atoms with Crippen LogP contribution in [0.2, 0.25) is 0 Å². The summed E-state index contributed by atoms with van der Waals surface area (Å²) >= 11 is 1.85. The second-order valence-electron chi connectivity index (χ2n) is 5.90. The van der Waals surface area contributed by atoms with E-state index in [1.807, 2.05) is 11.8 Å². The van der Waals surface area contributed by atoms with Crippen molar-refractivity contribution in [2.75, 3.05) is 13.1 Å². The lowest BCUT2D eigenvalue weighted by Crippen LogP contribution is -2.28. The van der Waals surface area contributed by atoms with E-state index < -0.39 is 0 Å². The van der Waals surface area contributed by atoms with Gasteiger partial charge in [-0.2, -0.15) is 4.98 Å². The molecule has 1 aliphatic rings. The van der Waals surface area contributed by atoms with Crippen LogP contribution in [0, 0.1) is 5.92 Å². The van der Waals surface area contributed by atoms with Crippen molar-refractivity contribution in [1.29, 1.82) is 0 Å². The maximum Gasteiger partial charge on any atom is 0.226 e. The van der Waals surface area contributed by atoms with E-state index in [4.69, 9.17) is 4.52 Å². The first kappa shape index (κ1) is 13.9. The highest BCUT2D eigenvalue weighted by molar-refractivity contribution is 7.99. The zero-order valence-electron chi connectivity index (χ0n) is 11.5. The molecule has 1 fully saturated rings.